The number of carboxylic acids is 1. The molecule has 0 heterocycles. The zero-order valence-electron chi connectivity index (χ0n) is 15.3. The molecular weight excluding hydrogens is 296 g/mol. The summed E-state index contributed by atoms with van der Waals surface area (Å²) in [6, 6.07) is 0. The Kier molecular flexibility index (Phi) is 19.9. The van der Waals surface area contributed by atoms with Crippen molar-refractivity contribution < 1.29 is 22.3 Å². The van der Waals surface area contributed by atoms with Gasteiger partial charge in [0.05, 0.1) is 6.61 Å². The monoisotopic (exact) mass is 326 g/mol. The molecular formula is C16H30CaO4. The summed E-state index contributed by atoms with van der Waals surface area (Å²) in [5.41, 5.74) is 0. The molecule has 5 heteroatoms. The molecule has 21 heavy (non-hydrogen) atoms. The summed E-state index contributed by atoms with van der Waals surface area (Å²) >= 11 is 0. The van der Waals surface area contributed by atoms with Gasteiger partial charge < -0.3 is 12.7 Å². The third-order valence-electron chi connectivity index (χ3n) is 3.10. The van der Waals surface area contributed by atoms with Gasteiger partial charge in [0.2, 0.25) is 0 Å². The Balaban J connectivity index is -0.000000602. The van der Waals surface area contributed by atoms with Crippen molar-refractivity contribution in [1.82, 2.24) is 0 Å². The summed E-state index contributed by atoms with van der Waals surface area (Å²) in [5, 5.41) is 8.33. The van der Waals surface area contributed by atoms with Crippen molar-refractivity contribution in [1.29, 1.82) is 0 Å². The van der Waals surface area contributed by atoms with Crippen LogP contribution in [0.25, 0.3) is 0 Å². The van der Waals surface area contributed by atoms with Gasteiger partial charge in [0.15, 0.2) is 0 Å². The average Bonchev–Trinajstić information content (AvgIpc) is 2.42. The second-order valence-corrected chi connectivity index (χ2v) is 5.02. The van der Waals surface area contributed by atoms with E-state index in [9.17, 15) is 9.59 Å². The van der Waals surface area contributed by atoms with E-state index in [2.05, 4.69) is 6.92 Å². The fourth-order valence-electron chi connectivity index (χ4n) is 1.95. The Hall–Kier alpha value is -0.0603. The predicted octanol–water partition coefficient (Wildman–Crippen LogP) is 3.94. The molecule has 0 aromatic carbocycles. The Bertz CT molecular complexity index is 300. The fraction of sp³-hybridized carbons (Fsp3) is 0.750. The minimum Gasteiger partial charge on any atom is -1.00 e. The van der Waals surface area contributed by atoms with Crippen molar-refractivity contribution in [2.24, 2.45) is 0 Å². The van der Waals surface area contributed by atoms with E-state index < -0.39 is 11.9 Å². The Morgan fingerprint density at radius 3 is 1.86 bits per heavy atom. The van der Waals surface area contributed by atoms with Gasteiger partial charge in [0, 0.05) is 12.2 Å². The van der Waals surface area contributed by atoms with E-state index in [4.69, 9.17) is 9.84 Å². The third kappa shape index (κ3) is 19.9. The number of carboxylic acid groups (broad SMARTS) is 1. The Labute approximate surface area is 161 Å². The summed E-state index contributed by atoms with van der Waals surface area (Å²) in [5.74, 6) is -1.72. The van der Waals surface area contributed by atoms with Crippen LogP contribution in [-0.2, 0) is 14.3 Å². The van der Waals surface area contributed by atoms with Gasteiger partial charge in [-0.2, -0.15) is 0 Å². The molecule has 0 aromatic rings. The first-order valence-corrected chi connectivity index (χ1v) is 7.74. The zero-order chi connectivity index (χ0) is 15.1. The van der Waals surface area contributed by atoms with E-state index in [-0.39, 0.29) is 40.6 Å². The summed E-state index contributed by atoms with van der Waals surface area (Å²) < 4.78 is 4.88. The molecule has 0 spiro atoms. The molecule has 0 aliphatic carbocycles. The summed E-state index contributed by atoms with van der Waals surface area (Å²) in [6.07, 6.45) is 14.0. The summed E-state index contributed by atoms with van der Waals surface area (Å²) in [6.45, 7) is 2.60. The van der Waals surface area contributed by atoms with E-state index in [1.54, 1.807) is 0 Å². The molecule has 0 aliphatic rings. The van der Waals surface area contributed by atoms with Crippen LogP contribution in [0.4, 0.5) is 0 Å². The Morgan fingerprint density at radius 2 is 1.38 bits per heavy atom. The molecule has 0 aromatic heterocycles. The molecule has 0 amide bonds. The van der Waals surface area contributed by atoms with Crippen LogP contribution in [0.3, 0.4) is 0 Å². The number of carbonyl (C=O) groups excluding carboxylic acids is 1. The van der Waals surface area contributed by atoms with Crippen molar-refractivity contribution >= 4 is 49.7 Å². The van der Waals surface area contributed by atoms with Crippen molar-refractivity contribution in [3.8, 4) is 0 Å². The molecule has 0 radical (unpaired) electrons. The number of hydrogen-bond donors (Lipinski definition) is 1. The van der Waals surface area contributed by atoms with Gasteiger partial charge in [-0.15, -0.1) is 0 Å². The zero-order valence-corrected chi connectivity index (χ0v) is 15.5. The molecule has 0 rings (SSSR count). The van der Waals surface area contributed by atoms with Crippen LogP contribution in [-0.4, -0.2) is 61.4 Å². The predicted molar refractivity (Wildman–Crippen MR) is 87.6 cm³/mol. The number of ether oxygens (including phenoxy) is 1. The number of unbranched alkanes of at least 4 members (excludes halogenated alkanes) is 9. The Morgan fingerprint density at radius 1 is 0.905 bits per heavy atom. The van der Waals surface area contributed by atoms with Crippen LogP contribution in [0, 0.1) is 0 Å². The third-order valence-corrected chi connectivity index (χ3v) is 3.10. The van der Waals surface area contributed by atoms with E-state index in [1.807, 2.05) is 0 Å². The first-order valence-electron chi connectivity index (χ1n) is 7.74. The number of esters is 1. The summed E-state index contributed by atoms with van der Waals surface area (Å²) in [4.78, 5) is 21.2. The quantitative estimate of drug-likeness (QED) is 0.241. The average molecular weight is 326 g/mol. The maximum atomic E-state index is 11.0. The fourth-order valence-corrected chi connectivity index (χ4v) is 1.95. The minimum atomic E-state index is -1.14. The van der Waals surface area contributed by atoms with E-state index in [0.29, 0.717) is 6.61 Å². The molecule has 0 atom stereocenters. The number of carbonyl (C=O) groups is 2. The second kappa shape index (κ2) is 18.0. The van der Waals surface area contributed by atoms with Gasteiger partial charge in [-0.3, -0.25) is 0 Å². The molecule has 0 unspecified atom stereocenters. The van der Waals surface area contributed by atoms with E-state index >= 15 is 0 Å². The molecule has 0 bridgehead atoms. The minimum absolute atomic E-state index is 0. The molecule has 0 aliphatic heterocycles. The van der Waals surface area contributed by atoms with E-state index in [1.165, 1.54) is 51.4 Å². The summed E-state index contributed by atoms with van der Waals surface area (Å²) in [7, 11) is 0. The second-order valence-electron chi connectivity index (χ2n) is 5.02. The molecule has 0 saturated carbocycles. The van der Waals surface area contributed by atoms with Crippen LogP contribution >= 0.6 is 0 Å². The van der Waals surface area contributed by atoms with Crippen LogP contribution in [0.15, 0.2) is 12.2 Å². The van der Waals surface area contributed by atoms with E-state index in [0.717, 1.165) is 25.0 Å². The number of hydrogen-bond acceptors (Lipinski definition) is 3. The topological polar surface area (TPSA) is 63.6 Å². The van der Waals surface area contributed by atoms with Crippen LogP contribution in [0.2, 0.25) is 0 Å². The molecule has 120 valence electrons. The van der Waals surface area contributed by atoms with Gasteiger partial charge in [0.25, 0.3) is 0 Å². The number of aliphatic carboxylic acids is 1. The van der Waals surface area contributed by atoms with Crippen molar-refractivity contribution in [2.45, 2.75) is 71.1 Å². The van der Waals surface area contributed by atoms with Gasteiger partial charge in [-0.05, 0) is 6.42 Å². The van der Waals surface area contributed by atoms with Crippen molar-refractivity contribution in [2.75, 3.05) is 6.61 Å². The van der Waals surface area contributed by atoms with Gasteiger partial charge >= 0.3 is 49.7 Å². The van der Waals surface area contributed by atoms with Crippen molar-refractivity contribution in [3.05, 3.63) is 12.2 Å². The maximum absolute atomic E-state index is 11.0. The largest absolute Gasteiger partial charge is 2.00 e. The first kappa shape index (κ1) is 23.2. The molecule has 0 fully saturated rings. The van der Waals surface area contributed by atoms with Gasteiger partial charge in [-0.1, -0.05) is 64.7 Å². The number of rotatable bonds is 13. The van der Waals surface area contributed by atoms with Crippen LogP contribution < -0.4 is 0 Å². The van der Waals surface area contributed by atoms with Gasteiger partial charge in [0.1, 0.15) is 0 Å². The SMILES string of the molecule is CCCCCCCCCCCCOC(=O)C=CC(=O)O.[Ca+2].[H-].[H-]. The van der Waals surface area contributed by atoms with Crippen molar-refractivity contribution in [3.63, 3.8) is 0 Å². The normalized spacial score (nSPS) is 10.3. The molecule has 0 saturated heterocycles. The van der Waals surface area contributed by atoms with Crippen LogP contribution in [0.5, 0.6) is 0 Å². The molecule has 1 N–H and O–H groups in total. The van der Waals surface area contributed by atoms with Gasteiger partial charge in [-0.25, -0.2) is 9.59 Å². The first-order chi connectivity index (χ1) is 9.66. The maximum Gasteiger partial charge on any atom is 2.00 e. The van der Waals surface area contributed by atoms with Crippen LogP contribution in [0.1, 0.15) is 74.0 Å². The smallest absolute Gasteiger partial charge is 1.00 e. The molecule has 4 nitrogen and oxygen atoms in total. The standard InChI is InChI=1S/C16H28O4.Ca.2H/c1-2-3-4-5-6-7-8-9-10-11-14-20-16(19)13-12-15(17)18;;;/h12-13H,2-11,14H2,1H3,(H,17,18);;;/q;+2;2*-1.